The van der Waals surface area contributed by atoms with Crippen LogP contribution in [0.3, 0.4) is 0 Å². The van der Waals surface area contributed by atoms with E-state index in [1.165, 1.54) is 147 Å². The van der Waals surface area contributed by atoms with Crippen LogP contribution in [0.15, 0.2) is 23.1 Å². The van der Waals surface area contributed by atoms with Crippen LogP contribution in [0.1, 0.15) is 214 Å². The van der Waals surface area contributed by atoms with Gasteiger partial charge in [0.15, 0.2) is 0 Å². The maximum atomic E-state index is 12.7. The van der Waals surface area contributed by atoms with E-state index in [9.17, 15) is 18.0 Å². The molecule has 0 aromatic heterocycles. The minimum atomic E-state index is -4.16. The second-order valence-electron chi connectivity index (χ2n) is 13.6. The normalized spacial score (nSPS) is 11.6. The molecule has 278 valence electrons. The third-order valence-electron chi connectivity index (χ3n) is 9.12. The summed E-state index contributed by atoms with van der Waals surface area (Å²) < 4.78 is 34.9. The topological polar surface area (TPSA) is 86.7 Å². The van der Waals surface area contributed by atoms with Gasteiger partial charge in [-0.25, -0.2) is 18.0 Å². The predicted molar refractivity (Wildman–Crippen MR) is 201 cm³/mol. The van der Waals surface area contributed by atoms with E-state index < -0.39 is 21.0 Å². The number of carbonyl (C=O) groups is 2. The van der Waals surface area contributed by atoms with Crippen LogP contribution in [0.5, 0.6) is 0 Å². The van der Waals surface area contributed by atoms with E-state index >= 15 is 0 Å². The van der Waals surface area contributed by atoms with E-state index in [0.29, 0.717) is 0 Å². The highest BCUT2D eigenvalue weighted by Gasteiger charge is 2.20. The highest BCUT2D eigenvalue weighted by Crippen LogP contribution is 2.21. The van der Waals surface area contributed by atoms with Crippen molar-refractivity contribution in [1.82, 2.24) is 0 Å². The summed E-state index contributed by atoms with van der Waals surface area (Å²) in [6.07, 6.45) is 34.7. The predicted octanol–water partition coefficient (Wildman–Crippen LogP) is 12.9. The van der Waals surface area contributed by atoms with Crippen LogP contribution in [0.2, 0.25) is 0 Å². The molecular formula is C40H69ClO6S. The Morgan fingerprint density at radius 3 is 0.958 bits per heavy atom. The first-order chi connectivity index (χ1) is 23.3. The van der Waals surface area contributed by atoms with Crippen LogP contribution in [0.4, 0.5) is 0 Å². The Balaban J connectivity index is 2.24. The van der Waals surface area contributed by atoms with Crippen molar-refractivity contribution in [2.75, 3.05) is 13.2 Å². The lowest BCUT2D eigenvalue weighted by molar-refractivity contribution is 0.0495. The van der Waals surface area contributed by atoms with Crippen molar-refractivity contribution in [2.24, 2.45) is 0 Å². The lowest BCUT2D eigenvalue weighted by Crippen LogP contribution is -2.12. The summed E-state index contributed by atoms with van der Waals surface area (Å²) in [6, 6.07) is 3.63. The minimum absolute atomic E-state index is 0.0227. The second kappa shape index (κ2) is 30.2. The van der Waals surface area contributed by atoms with E-state index in [-0.39, 0.29) is 29.2 Å². The summed E-state index contributed by atoms with van der Waals surface area (Å²) in [4.78, 5) is 25.1. The third kappa shape index (κ3) is 24.5. The quantitative estimate of drug-likeness (QED) is 0.0409. The van der Waals surface area contributed by atoms with Crippen molar-refractivity contribution in [1.29, 1.82) is 0 Å². The first kappa shape index (κ1) is 44.4. The Bertz CT molecular complexity index is 994. The van der Waals surface area contributed by atoms with Crippen LogP contribution in [0, 0.1) is 0 Å². The van der Waals surface area contributed by atoms with Gasteiger partial charge in [-0.2, -0.15) is 0 Å². The van der Waals surface area contributed by atoms with Gasteiger partial charge in [0.1, 0.15) is 0 Å². The van der Waals surface area contributed by atoms with Crippen LogP contribution in [0.25, 0.3) is 0 Å². The molecule has 0 saturated carbocycles. The average molecular weight is 714 g/mol. The number of ether oxygens (including phenoxy) is 2. The number of hydrogen-bond acceptors (Lipinski definition) is 6. The molecule has 0 aliphatic carbocycles. The van der Waals surface area contributed by atoms with Crippen LogP contribution in [-0.2, 0) is 18.5 Å². The second-order valence-corrected chi connectivity index (χ2v) is 16.2. The van der Waals surface area contributed by atoms with E-state index in [4.69, 9.17) is 20.2 Å². The van der Waals surface area contributed by atoms with Gasteiger partial charge in [-0.15, -0.1) is 0 Å². The van der Waals surface area contributed by atoms with Crippen molar-refractivity contribution in [3.8, 4) is 0 Å². The van der Waals surface area contributed by atoms with Gasteiger partial charge in [-0.1, -0.05) is 181 Å². The molecule has 0 radical (unpaired) electrons. The van der Waals surface area contributed by atoms with Crippen molar-refractivity contribution < 1.29 is 27.5 Å². The largest absolute Gasteiger partial charge is 0.462 e. The minimum Gasteiger partial charge on any atom is -0.462 e. The zero-order valence-electron chi connectivity index (χ0n) is 30.7. The number of halogens is 1. The number of rotatable bonds is 33. The molecule has 0 saturated heterocycles. The first-order valence-corrected chi connectivity index (χ1v) is 22.0. The molecule has 8 heteroatoms. The molecule has 0 unspecified atom stereocenters. The molecule has 0 fully saturated rings. The van der Waals surface area contributed by atoms with Crippen LogP contribution in [-0.4, -0.2) is 33.6 Å². The smallest absolute Gasteiger partial charge is 0.338 e. The highest BCUT2D eigenvalue weighted by atomic mass is 35.7. The first-order valence-electron chi connectivity index (χ1n) is 19.7. The summed E-state index contributed by atoms with van der Waals surface area (Å²) in [7, 11) is 1.41. The Labute approximate surface area is 299 Å². The lowest BCUT2D eigenvalue weighted by atomic mass is 10.0. The number of carbonyl (C=O) groups excluding carboxylic acids is 2. The summed E-state index contributed by atoms with van der Waals surface area (Å²) in [5.41, 5.74) is -0.0453. The molecule has 0 spiro atoms. The molecular weight excluding hydrogens is 644 g/mol. The highest BCUT2D eigenvalue weighted by molar-refractivity contribution is 8.13. The summed E-state index contributed by atoms with van der Waals surface area (Å²) in [6.45, 7) is 4.99. The van der Waals surface area contributed by atoms with E-state index in [1.807, 2.05) is 0 Å². The monoisotopic (exact) mass is 712 g/mol. The Hall–Kier alpha value is -1.60. The molecule has 6 nitrogen and oxygen atoms in total. The van der Waals surface area contributed by atoms with E-state index in [2.05, 4.69) is 13.8 Å². The van der Waals surface area contributed by atoms with Gasteiger partial charge < -0.3 is 9.47 Å². The summed E-state index contributed by atoms with van der Waals surface area (Å²) in [5, 5.41) is 0. The molecule has 0 bridgehead atoms. The molecule has 1 rings (SSSR count). The fourth-order valence-electron chi connectivity index (χ4n) is 6.07. The van der Waals surface area contributed by atoms with Crippen molar-refractivity contribution in [2.45, 2.75) is 199 Å². The lowest BCUT2D eigenvalue weighted by Gasteiger charge is -2.09. The number of esters is 2. The Morgan fingerprint density at radius 1 is 0.458 bits per heavy atom. The molecule has 0 heterocycles. The van der Waals surface area contributed by atoms with Gasteiger partial charge >= 0.3 is 11.9 Å². The molecule has 0 atom stereocenters. The number of unbranched alkanes of at least 4 members (excludes halogenated alkanes) is 26. The maximum absolute atomic E-state index is 12.7. The molecule has 0 aliphatic heterocycles. The van der Waals surface area contributed by atoms with Crippen LogP contribution >= 0.6 is 10.7 Å². The van der Waals surface area contributed by atoms with Crippen molar-refractivity contribution >= 4 is 31.7 Å². The summed E-state index contributed by atoms with van der Waals surface area (Å²) in [5.74, 6) is -1.35. The SMILES string of the molecule is CCCCCCCCCCCCCCCCOC(=O)c1cc(C(=O)OCCCCCCCCCCCCCCCC)cc(S(=O)(=O)Cl)c1. The van der Waals surface area contributed by atoms with Gasteiger partial charge in [-0.05, 0) is 31.0 Å². The van der Waals surface area contributed by atoms with Gasteiger partial charge in [0.25, 0.3) is 9.05 Å². The zero-order chi connectivity index (χ0) is 35.1. The summed E-state index contributed by atoms with van der Waals surface area (Å²) >= 11 is 0. The molecule has 1 aromatic rings. The van der Waals surface area contributed by atoms with E-state index in [0.717, 1.165) is 50.7 Å². The number of hydrogen-bond donors (Lipinski definition) is 0. The molecule has 0 aliphatic rings. The van der Waals surface area contributed by atoms with Crippen molar-refractivity contribution in [3.63, 3.8) is 0 Å². The maximum Gasteiger partial charge on any atom is 0.338 e. The standard InChI is InChI=1S/C40H69ClO6S/c1-3-5-7-9-11-13-15-17-19-21-23-25-27-29-31-46-39(42)36-33-37(35-38(34-36)48(41,44)45)40(43)47-32-30-28-26-24-22-20-18-16-14-12-10-8-6-4-2/h33-35H,3-32H2,1-2H3. The zero-order valence-corrected chi connectivity index (χ0v) is 32.3. The van der Waals surface area contributed by atoms with Crippen molar-refractivity contribution in [3.05, 3.63) is 29.3 Å². The number of benzene rings is 1. The Morgan fingerprint density at radius 2 is 0.708 bits per heavy atom. The molecule has 48 heavy (non-hydrogen) atoms. The van der Waals surface area contributed by atoms with Gasteiger partial charge in [0.05, 0.1) is 29.2 Å². The fourth-order valence-corrected chi connectivity index (χ4v) is 6.87. The fraction of sp³-hybridized carbons (Fsp3) is 0.800. The van der Waals surface area contributed by atoms with Gasteiger partial charge in [0.2, 0.25) is 0 Å². The van der Waals surface area contributed by atoms with Gasteiger partial charge in [0, 0.05) is 10.7 Å². The average Bonchev–Trinajstić information content (AvgIpc) is 3.07. The molecule has 0 N–H and O–H groups in total. The third-order valence-corrected chi connectivity index (χ3v) is 10.5. The molecule has 0 amide bonds. The molecule has 1 aromatic carbocycles. The Kier molecular flexibility index (Phi) is 28.0. The van der Waals surface area contributed by atoms with Crippen LogP contribution < -0.4 is 0 Å². The van der Waals surface area contributed by atoms with Gasteiger partial charge in [-0.3, -0.25) is 0 Å². The van der Waals surface area contributed by atoms with E-state index in [1.54, 1.807) is 0 Å².